The van der Waals surface area contributed by atoms with Gasteiger partial charge in [-0.1, -0.05) is 18.2 Å². The van der Waals surface area contributed by atoms with Crippen LogP contribution in [0.2, 0.25) is 0 Å². The van der Waals surface area contributed by atoms with Gasteiger partial charge < -0.3 is 9.84 Å². The predicted octanol–water partition coefficient (Wildman–Crippen LogP) is 2.67. The van der Waals surface area contributed by atoms with E-state index in [1.54, 1.807) is 29.6 Å². The number of thiophene rings is 1. The van der Waals surface area contributed by atoms with Crippen LogP contribution in [-0.2, 0) is 0 Å². The molecule has 0 saturated heterocycles. The van der Waals surface area contributed by atoms with Gasteiger partial charge in [0.25, 0.3) is 0 Å². The average Bonchev–Trinajstić information content (AvgIpc) is 2.83. The summed E-state index contributed by atoms with van der Waals surface area (Å²) in [5.41, 5.74) is -0.0302. The number of carboxylic acid groups (broad SMARTS) is 1. The van der Waals surface area contributed by atoms with Gasteiger partial charge in [0.1, 0.15) is 16.2 Å². The standard InChI is InChI=1S/C12H8O4S/c13-11(14)8-4-1-2-5-9(8)16-12(15)10-6-3-7-17-10/h1-7H,(H,13,14). The largest absolute Gasteiger partial charge is 0.478 e. The molecular weight excluding hydrogens is 240 g/mol. The lowest BCUT2D eigenvalue weighted by atomic mass is 10.2. The minimum atomic E-state index is -1.13. The van der Waals surface area contributed by atoms with Crippen LogP contribution in [0.25, 0.3) is 0 Å². The van der Waals surface area contributed by atoms with E-state index in [9.17, 15) is 9.59 Å². The molecule has 0 unspecified atom stereocenters. The van der Waals surface area contributed by atoms with Crippen molar-refractivity contribution in [3.05, 3.63) is 52.2 Å². The first-order valence-electron chi connectivity index (χ1n) is 4.76. The molecule has 0 atom stereocenters. The third kappa shape index (κ3) is 2.51. The van der Waals surface area contributed by atoms with Crippen molar-refractivity contribution in [2.24, 2.45) is 0 Å². The highest BCUT2D eigenvalue weighted by Crippen LogP contribution is 2.20. The van der Waals surface area contributed by atoms with Gasteiger partial charge in [0, 0.05) is 0 Å². The lowest BCUT2D eigenvalue weighted by Gasteiger charge is -2.05. The van der Waals surface area contributed by atoms with Crippen LogP contribution in [-0.4, -0.2) is 17.0 Å². The van der Waals surface area contributed by atoms with Crippen LogP contribution in [0.1, 0.15) is 20.0 Å². The summed E-state index contributed by atoms with van der Waals surface area (Å²) >= 11 is 1.24. The van der Waals surface area contributed by atoms with Crippen molar-refractivity contribution in [1.82, 2.24) is 0 Å². The number of hydrogen-bond donors (Lipinski definition) is 1. The number of rotatable bonds is 3. The first kappa shape index (κ1) is 11.3. The van der Waals surface area contributed by atoms with Crippen molar-refractivity contribution in [2.45, 2.75) is 0 Å². The third-order valence-electron chi connectivity index (χ3n) is 2.04. The Morgan fingerprint density at radius 2 is 1.88 bits per heavy atom. The summed E-state index contributed by atoms with van der Waals surface area (Å²) in [4.78, 5) is 23.0. The van der Waals surface area contributed by atoms with Gasteiger partial charge in [-0.2, -0.15) is 0 Å². The second kappa shape index (κ2) is 4.80. The summed E-state index contributed by atoms with van der Waals surface area (Å²) in [6.45, 7) is 0. The normalized spacial score (nSPS) is 9.88. The molecule has 1 aromatic carbocycles. The van der Waals surface area contributed by atoms with Crippen molar-refractivity contribution in [3.63, 3.8) is 0 Å². The van der Waals surface area contributed by atoms with Gasteiger partial charge in [0.2, 0.25) is 0 Å². The smallest absolute Gasteiger partial charge is 0.353 e. The molecule has 1 heterocycles. The zero-order chi connectivity index (χ0) is 12.3. The van der Waals surface area contributed by atoms with Crippen molar-refractivity contribution in [3.8, 4) is 5.75 Å². The molecule has 0 aliphatic carbocycles. The minimum absolute atomic E-state index is 0.0302. The molecular formula is C12H8O4S. The summed E-state index contributed by atoms with van der Waals surface area (Å²) in [6.07, 6.45) is 0. The third-order valence-corrected chi connectivity index (χ3v) is 2.89. The van der Waals surface area contributed by atoms with Crippen LogP contribution >= 0.6 is 11.3 Å². The second-order valence-electron chi connectivity index (χ2n) is 3.17. The van der Waals surface area contributed by atoms with Crippen molar-refractivity contribution in [2.75, 3.05) is 0 Å². The van der Waals surface area contributed by atoms with Crippen LogP contribution in [0.3, 0.4) is 0 Å². The minimum Gasteiger partial charge on any atom is -0.478 e. The molecule has 0 saturated carbocycles. The molecule has 17 heavy (non-hydrogen) atoms. The van der Waals surface area contributed by atoms with Crippen molar-refractivity contribution < 1.29 is 19.4 Å². The van der Waals surface area contributed by atoms with Gasteiger partial charge in [-0.25, -0.2) is 9.59 Å². The number of carboxylic acids is 1. The topological polar surface area (TPSA) is 63.6 Å². The SMILES string of the molecule is O=C(Oc1ccccc1C(=O)O)c1cccs1. The van der Waals surface area contributed by atoms with Gasteiger partial charge in [-0.15, -0.1) is 11.3 Å². The Hall–Kier alpha value is -2.14. The van der Waals surface area contributed by atoms with E-state index in [0.717, 1.165) is 0 Å². The number of carbonyl (C=O) groups excluding carboxylic acids is 1. The molecule has 2 aromatic rings. The number of hydrogen-bond acceptors (Lipinski definition) is 4. The summed E-state index contributed by atoms with van der Waals surface area (Å²) in [7, 11) is 0. The van der Waals surface area contributed by atoms with Crippen molar-refractivity contribution >= 4 is 23.3 Å². The predicted molar refractivity (Wildman–Crippen MR) is 62.7 cm³/mol. The molecule has 86 valence electrons. The highest BCUT2D eigenvalue weighted by Gasteiger charge is 2.15. The van der Waals surface area contributed by atoms with Gasteiger partial charge in [0.15, 0.2) is 0 Å². The Morgan fingerprint density at radius 1 is 1.12 bits per heavy atom. The van der Waals surface area contributed by atoms with Crippen LogP contribution in [0.5, 0.6) is 5.75 Å². The lowest BCUT2D eigenvalue weighted by Crippen LogP contribution is -2.09. The Kier molecular flexibility index (Phi) is 3.20. The fourth-order valence-corrected chi connectivity index (χ4v) is 1.88. The fraction of sp³-hybridized carbons (Fsp3) is 0. The van der Waals surface area contributed by atoms with Crippen LogP contribution in [0.4, 0.5) is 0 Å². The Bertz CT molecular complexity index is 545. The van der Waals surface area contributed by atoms with E-state index >= 15 is 0 Å². The number of carbonyl (C=O) groups is 2. The molecule has 0 spiro atoms. The van der Waals surface area contributed by atoms with Crippen LogP contribution < -0.4 is 4.74 Å². The molecule has 0 amide bonds. The van der Waals surface area contributed by atoms with Crippen LogP contribution in [0.15, 0.2) is 41.8 Å². The molecule has 0 fully saturated rings. The Balaban J connectivity index is 2.25. The highest BCUT2D eigenvalue weighted by atomic mass is 32.1. The van der Waals surface area contributed by atoms with E-state index in [1.807, 2.05) is 0 Å². The van der Waals surface area contributed by atoms with Crippen LogP contribution in [0, 0.1) is 0 Å². The zero-order valence-electron chi connectivity index (χ0n) is 8.62. The maximum Gasteiger partial charge on any atom is 0.353 e. The molecule has 0 radical (unpaired) electrons. The Morgan fingerprint density at radius 3 is 2.53 bits per heavy atom. The van der Waals surface area contributed by atoms with E-state index in [0.29, 0.717) is 4.88 Å². The first-order chi connectivity index (χ1) is 8.18. The fourth-order valence-electron chi connectivity index (χ4n) is 1.28. The number of esters is 1. The highest BCUT2D eigenvalue weighted by molar-refractivity contribution is 7.12. The average molecular weight is 248 g/mol. The molecule has 2 rings (SSSR count). The van der Waals surface area contributed by atoms with Crippen molar-refractivity contribution in [1.29, 1.82) is 0 Å². The second-order valence-corrected chi connectivity index (χ2v) is 4.12. The quantitative estimate of drug-likeness (QED) is 0.670. The summed E-state index contributed by atoms with van der Waals surface area (Å²) < 4.78 is 5.04. The monoisotopic (exact) mass is 248 g/mol. The van der Waals surface area contributed by atoms with E-state index in [-0.39, 0.29) is 11.3 Å². The molecule has 0 aliphatic rings. The molecule has 0 bridgehead atoms. The lowest BCUT2D eigenvalue weighted by molar-refractivity contribution is 0.0682. The van der Waals surface area contributed by atoms with Gasteiger partial charge in [-0.05, 0) is 23.6 Å². The molecule has 4 nitrogen and oxygen atoms in total. The van der Waals surface area contributed by atoms with E-state index in [1.165, 1.54) is 23.5 Å². The maximum atomic E-state index is 11.6. The summed E-state index contributed by atoms with van der Waals surface area (Å²) in [5, 5.41) is 10.7. The van der Waals surface area contributed by atoms with E-state index in [4.69, 9.17) is 9.84 Å². The maximum absolute atomic E-state index is 11.6. The van der Waals surface area contributed by atoms with E-state index in [2.05, 4.69) is 0 Å². The number of ether oxygens (including phenoxy) is 1. The zero-order valence-corrected chi connectivity index (χ0v) is 9.44. The number of para-hydroxylation sites is 1. The number of aromatic carboxylic acids is 1. The van der Waals surface area contributed by atoms with Gasteiger partial charge in [-0.3, -0.25) is 0 Å². The number of benzene rings is 1. The molecule has 1 aromatic heterocycles. The summed E-state index contributed by atoms with van der Waals surface area (Å²) in [5.74, 6) is -1.62. The first-order valence-corrected chi connectivity index (χ1v) is 5.64. The molecule has 1 N–H and O–H groups in total. The molecule has 0 aliphatic heterocycles. The molecule has 5 heteroatoms. The summed E-state index contributed by atoms with van der Waals surface area (Å²) in [6, 6.07) is 9.38. The van der Waals surface area contributed by atoms with Gasteiger partial charge in [0.05, 0.1) is 0 Å². The van der Waals surface area contributed by atoms with E-state index < -0.39 is 11.9 Å². The van der Waals surface area contributed by atoms with Gasteiger partial charge >= 0.3 is 11.9 Å². The Labute approximate surface area is 101 Å².